The highest BCUT2D eigenvalue weighted by Gasteiger charge is 2.22. The normalized spacial score (nSPS) is 13.7. The molecule has 1 saturated heterocycles. The number of nitrogens with zero attached hydrogens (tertiary/aromatic N) is 2. The molecular formula is C25H26N2O6. The molecule has 0 unspecified atom stereocenters. The summed E-state index contributed by atoms with van der Waals surface area (Å²) in [6, 6.07) is 22.4. The zero-order valence-electron chi connectivity index (χ0n) is 18.3. The molecule has 8 heteroatoms. The van der Waals surface area contributed by atoms with E-state index in [0.29, 0.717) is 5.56 Å². The van der Waals surface area contributed by atoms with Crippen molar-refractivity contribution in [3.05, 3.63) is 77.9 Å². The van der Waals surface area contributed by atoms with Crippen LogP contribution in [-0.2, 0) is 16.1 Å². The molecule has 8 nitrogen and oxygen atoms in total. The molecule has 33 heavy (non-hydrogen) atoms. The van der Waals surface area contributed by atoms with Gasteiger partial charge in [0.25, 0.3) is 5.91 Å². The highest BCUT2D eigenvalue weighted by molar-refractivity contribution is 6.27. The van der Waals surface area contributed by atoms with E-state index in [9.17, 15) is 4.79 Å². The third kappa shape index (κ3) is 6.30. The number of benzene rings is 3. The van der Waals surface area contributed by atoms with Crippen LogP contribution < -0.4 is 4.74 Å². The Morgan fingerprint density at radius 2 is 1.48 bits per heavy atom. The van der Waals surface area contributed by atoms with Crippen LogP contribution >= 0.6 is 0 Å². The first-order chi connectivity index (χ1) is 15.9. The van der Waals surface area contributed by atoms with Crippen LogP contribution in [0.5, 0.6) is 5.75 Å². The average Bonchev–Trinajstić information content (AvgIpc) is 2.84. The van der Waals surface area contributed by atoms with Gasteiger partial charge < -0.3 is 19.8 Å². The van der Waals surface area contributed by atoms with E-state index in [4.69, 9.17) is 24.5 Å². The van der Waals surface area contributed by atoms with Crippen LogP contribution in [0.4, 0.5) is 0 Å². The molecule has 1 fully saturated rings. The molecule has 1 heterocycles. The van der Waals surface area contributed by atoms with E-state index in [2.05, 4.69) is 47.4 Å². The van der Waals surface area contributed by atoms with Crippen molar-refractivity contribution in [2.75, 3.05) is 33.3 Å². The van der Waals surface area contributed by atoms with Crippen molar-refractivity contribution in [3.63, 3.8) is 0 Å². The Hall–Kier alpha value is -3.91. The van der Waals surface area contributed by atoms with Crippen molar-refractivity contribution in [2.24, 2.45) is 0 Å². The van der Waals surface area contributed by atoms with Gasteiger partial charge in [0.15, 0.2) is 0 Å². The predicted octanol–water partition coefficient (Wildman–Crippen LogP) is 2.96. The van der Waals surface area contributed by atoms with Crippen molar-refractivity contribution >= 4 is 28.6 Å². The number of carbonyl (C=O) groups is 3. The molecule has 172 valence electrons. The van der Waals surface area contributed by atoms with E-state index < -0.39 is 11.9 Å². The van der Waals surface area contributed by atoms with E-state index >= 15 is 0 Å². The molecule has 0 bridgehead atoms. The number of rotatable bonds is 4. The molecule has 2 N–H and O–H groups in total. The number of fused-ring (bicyclic) bond motifs is 1. The van der Waals surface area contributed by atoms with E-state index in [-0.39, 0.29) is 5.91 Å². The number of hydrogen-bond donors (Lipinski definition) is 2. The van der Waals surface area contributed by atoms with Gasteiger partial charge in [0, 0.05) is 38.3 Å². The fourth-order valence-electron chi connectivity index (χ4n) is 3.72. The molecule has 1 aliphatic heterocycles. The Labute approximate surface area is 191 Å². The minimum atomic E-state index is -1.82. The van der Waals surface area contributed by atoms with E-state index in [1.165, 1.54) is 16.3 Å². The Morgan fingerprint density at radius 1 is 0.848 bits per heavy atom. The van der Waals surface area contributed by atoms with Crippen molar-refractivity contribution in [3.8, 4) is 5.75 Å². The van der Waals surface area contributed by atoms with Crippen LogP contribution in [0.3, 0.4) is 0 Å². The second-order valence-electron chi connectivity index (χ2n) is 7.55. The molecular weight excluding hydrogens is 424 g/mol. The zero-order valence-corrected chi connectivity index (χ0v) is 18.3. The predicted molar refractivity (Wildman–Crippen MR) is 123 cm³/mol. The number of methoxy groups -OCH3 is 1. The first-order valence-electron chi connectivity index (χ1n) is 10.5. The van der Waals surface area contributed by atoms with Crippen molar-refractivity contribution in [2.45, 2.75) is 6.54 Å². The van der Waals surface area contributed by atoms with Crippen LogP contribution in [0.15, 0.2) is 66.7 Å². The lowest BCUT2D eigenvalue weighted by atomic mass is 10.0. The number of carbonyl (C=O) groups excluding carboxylic acids is 1. The summed E-state index contributed by atoms with van der Waals surface area (Å²) >= 11 is 0. The smallest absolute Gasteiger partial charge is 0.414 e. The zero-order chi connectivity index (χ0) is 23.8. The lowest BCUT2D eigenvalue weighted by Gasteiger charge is -2.35. The highest BCUT2D eigenvalue weighted by atomic mass is 16.5. The third-order valence-corrected chi connectivity index (χ3v) is 5.43. The lowest BCUT2D eigenvalue weighted by molar-refractivity contribution is -0.159. The number of carboxylic acid groups (broad SMARTS) is 2. The summed E-state index contributed by atoms with van der Waals surface area (Å²) in [5.41, 5.74) is 2.04. The van der Waals surface area contributed by atoms with Crippen molar-refractivity contribution < 1.29 is 29.3 Å². The number of carboxylic acids is 2. The Morgan fingerprint density at radius 3 is 2.15 bits per heavy atom. The first-order valence-corrected chi connectivity index (χ1v) is 10.5. The minimum absolute atomic E-state index is 0.0821. The summed E-state index contributed by atoms with van der Waals surface area (Å²) < 4.78 is 5.23. The molecule has 4 rings (SSSR count). The summed E-state index contributed by atoms with van der Waals surface area (Å²) in [6.07, 6.45) is 0. The van der Waals surface area contributed by atoms with Gasteiger partial charge in [-0.15, -0.1) is 0 Å². The minimum Gasteiger partial charge on any atom is -0.497 e. The summed E-state index contributed by atoms with van der Waals surface area (Å²) in [6.45, 7) is 4.20. The summed E-state index contributed by atoms with van der Waals surface area (Å²) in [5.74, 6) is -2.85. The molecule has 3 aromatic rings. The number of aliphatic carboxylic acids is 2. The Balaban J connectivity index is 0.000000454. The summed E-state index contributed by atoms with van der Waals surface area (Å²) in [4.78, 5) is 35.3. The van der Waals surface area contributed by atoms with Gasteiger partial charge in [0.05, 0.1) is 7.11 Å². The van der Waals surface area contributed by atoms with Crippen molar-refractivity contribution in [1.82, 2.24) is 9.80 Å². The van der Waals surface area contributed by atoms with E-state index in [1.807, 2.05) is 29.2 Å². The van der Waals surface area contributed by atoms with E-state index in [0.717, 1.165) is 38.5 Å². The lowest BCUT2D eigenvalue weighted by Crippen LogP contribution is -2.48. The second-order valence-corrected chi connectivity index (χ2v) is 7.55. The molecule has 0 aromatic heterocycles. The van der Waals surface area contributed by atoms with Gasteiger partial charge in [-0.3, -0.25) is 9.69 Å². The highest BCUT2D eigenvalue weighted by Crippen LogP contribution is 2.21. The topological polar surface area (TPSA) is 107 Å². The van der Waals surface area contributed by atoms with Gasteiger partial charge >= 0.3 is 11.9 Å². The molecule has 0 radical (unpaired) electrons. The first kappa shape index (κ1) is 23.7. The number of piperazine rings is 1. The second kappa shape index (κ2) is 11.1. The van der Waals surface area contributed by atoms with Crippen LogP contribution in [0.1, 0.15) is 15.9 Å². The van der Waals surface area contributed by atoms with Gasteiger partial charge in [-0.25, -0.2) is 9.59 Å². The average molecular weight is 450 g/mol. The molecule has 0 aliphatic carbocycles. The Bertz CT molecular complexity index is 1120. The van der Waals surface area contributed by atoms with Crippen molar-refractivity contribution in [1.29, 1.82) is 0 Å². The maximum atomic E-state index is 12.8. The van der Waals surface area contributed by atoms with Gasteiger partial charge in [-0.05, 0) is 34.5 Å². The SMILES string of the molecule is COc1cccc(C(=O)N2CCN(Cc3cccc4ccccc34)CC2)c1.O=C(O)C(=O)O. The number of ether oxygens (including phenoxy) is 1. The van der Waals surface area contributed by atoms with Gasteiger partial charge in [0.1, 0.15) is 5.75 Å². The van der Waals surface area contributed by atoms with Gasteiger partial charge in [-0.1, -0.05) is 48.5 Å². The summed E-state index contributed by atoms with van der Waals surface area (Å²) in [7, 11) is 1.62. The van der Waals surface area contributed by atoms with Crippen LogP contribution in [-0.4, -0.2) is 71.1 Å². The van der Waals surface area contributed by atoms with Crippen LogP contribution in [0.25, 0.3) is 10.8 Å². The molecule has 3 aromatic carbocycles. The molecule has 0 atom stereocenters. The molecule has 0 saturated carbocycles. The maximum Gasteiger partial charge on any atom is 0.414 e. The fourth-order valence-corrected chi connectivity index (χ4v) is 3.72. The molecule has 1 amide bonds. The van der Waals surface area contributed by atoms with Crippen LogP contribution in [0, 0.1) is 0 Å². The standard InChI is InChI=1S/C23H24N2O2.C2H2O4/c1-27-21-10-5-8-19(16-21)23(26)25-14-12-24(13-15-25)17-20-9-4-7-18-6-2-3-11-22(18)20;3-1(4)2(5)6/h2-11,16H,12-15,17H2,1H3;(H,3,4)(H,5,6). The maximum absolute atomic E-state index is 12.8. The fraction of sp³-hybridized carbons (Fsp3) is 0.240. The largest absolute Gasteiger partial charge is 0.497 e. The van der Waals surface area contributed by atoms with Gasteiger partial charge in [-0.2, -0.15) is 0 Å². The van der Waals surface area contributed by atoms with Crippen LogP contribution in [0.2, 0.25) is 0 Å². The third-order valence-electron chi connectivity index (χ3n) is 5.43. The molecule has 0 spiro atoms. The summed E-state index contributed by atoms with van der Waals surface area (Å²) in [5, 5.41) is 17.4. The number of hydrogen-bond acceptors (Lipinski definition) is 5. The monoisotopic (exact) mass is 450 g/mol. The van der Waals surface area contributed by atoms with Gasteiger partial charge in [0.2, 0.25) is 0 Å². The molecule has 1 aliphatic rings. The quantitative estimate of drug-likeness (QED) is 0.589. The number of amides is 1. The Kier molecular flexibility index (Phi) is 7.99. The van der Waals surface area contributed by atoms with E-state index in [1.54, 1.807) is 7.11 Å².